The van der Waals surface area contributed by atoms with Crippen molar-refractivity contribution >= 4 is 34.2 Å². The highest BCUT2D eigenvalue weighted by atomic mass is 127. The topological polar surface area (TPSA) is 40.5 Å². The summed E-state index contributed by atoms with van der Waals surface area (Å²) in [7, 11) is 0. The number of carbonyl (C=O) groups is 1. The fourth-order valence-corrected chi connectivity index (χ4v) is 2.96. The molecule has 1 fully saturated rings. The summed E-state index contributed by atoms with van der Waals surface area (Å²) in [5, 5.41) is 9.27. The second kappa shape index (κ2) is 6.56. The number of aromatic carboxylic acids is 1. The van der Waals surface area contributed by atoms with Crippen molar-refractivity contribution in [1.29, 1.82) is 0 Å². The van der Waals surface area contributed by atoms with Gasteiger partial charge in [0.25, 0.3) is 0 Å². The van der Waals surface area contributed by atoms with Gasteiger partial charge in [0.15, 0.2) is 0 Å². The third-order valence-electron chi connectivity index (χ3n) is 3.59. The molecule has 0 amide bonds. The van der Waals surface area contributed by atoms with E-state index in [2.05, 4.69) is 22.6 Å². The summed E-state index contributed by atoms with van der Waals surface area (Å²) in [6.45, 7) is 3.16. The van der Waals surface area contributed by atoms with E-state index in [9.17, 15) is 14.3 Å². The normalized spacial score (nSPS) is 15.3. The molecule has 0 bridgehead atoms. The number of benzene rings is 1. The summed E-state index contributed by atoms with van der Waals surface area (Å²) in [4.78, 5) is 13.3. The van der Waals surface area contributed by atoms with Gasteiger partial charge in [-0.2, -0.15) is 0 Å². The van der Waals surface area contributed by atoms with E-state index in [-0.39, 0.29) is 5.83 Å². The van der Waals surface area contributed by atoms with E-state index in [0.29, 0.717) is 37.9 Å². The Labute approximate surface area is 131 Å². The molecule has 5 heteroatoms. The summed E-state index contributed by atoms with van der Waals surface area (Å²) >= 11 is 2.17. The van der Waals surface area contributed by atoms with Crippen molar-refractivity contribution in [2.75, 3.05) is 18.0 Å². The van der Waals surface area contributed by atoms with E-state index >= 15 is 0 Å². The molecule has 1 aliphatic rings. The molecule has 0 spiro atoms. The number of carboxylic acids is 1. The number of allylic oxidation sites excluding steroid dienone is 1. The monoisotopic (exact) mass is 389 g/mol. The first-order valence-corrected chi connectivity index (χ1v) is 7.75. The molecule has 20 heavy (non-hydrogen) atoms. The zero-order valence-corrected chi connectivity index (χ0v) is 13.5. The molecule has 0 saturated carbocycles. The number of rotatable bonds is 3. The molecule has 0 atom stereocenters. The van der Waals surface area contributed by atoms with Crippen LogP contribution in [0.1, 0.15) is 36.5 Å². The van der Waals surface area contributed by atoms with Crippen molar-refractivity contribution in [2.45, 2.75) is 26.2 Å². The first-order valence-electron chi connectivity index (χ1n) is 6.67. The molecule has 0 unspecified atom stereocenters. The SMILES string of the molecule is CCC(F)=C1CCN(c2cc(I)ccc2C(=O)O)CC1. The van der Waals surface area contributed by atoms with Crippen LogP contribution in [0.25, 0.3) is 0 Å². The number of nitrogens with zero attached hydrogens (tertiary/aromatic N) is 1. The Balaban J connectivity index is 2.23. The van der Waals surface area contributed by atoms with Crippen molar-refractivity contribution in [2.24, 2.45) is 0 Å². The minimum Gasteiger partial charge on any atom is -0.478 e. The van der Waals surface area contributed by atoms with Crippen molar-refractivity contribution < 1.29 is 14.3 Å². The smallest absolute Gasteiger partial charge is 0.337 e. The van der Waals surface area contributed by atoms with E-state index < -0.39 is 5.97 Å². The van der Waals surface area contributed by atoms with Crippen LogP contribution in [0.2, 0.25) is 0 Å². The highest BCUT2D eigenvalue weighted by Gasteiger charge is 2.21. The van der Waals surface area contributed by atoms with Crippen LogP contribution in [0.5, 0.6) is 0 Å². The van der Waals surface area contributed by atoms with Crippen molar-refractivity contribution in [3.8, 4) is 0 Å². The molecule has 1 aromatic rings. The van der Waals surface area contributed by atoms with E-state index in [0.717, 1.165) is 14.8 Å². The molecule has 0 aromatic heterocycles. The van der Waals surface area contributed by atoms with Crippen LogP contribution in [0.4, 0.5) is 10.1 Å². The Morgan fingerprint density at radius 2 is 2.05 bits per heavy atom. The number of carboxylic acid groups (broad SMARTS) is 1. The quantitative estimate of drug-likeness (QED) is 0.787. The molecule has 1 aromatic carbocycles. The highest BCUT2D eigenvalue weighted by Crippen LogP contribution is 2.29. The van der Waals surface area contributed by atoms with E-state index in [1.807, 2.05) is 17.9 Å². The fourth-order valence-electron chi connectivity index (χ4n) is 2.49. The van der Waals surface area contributed by atoms with Gasteiger partial charge in [-0.25, -0.2) is 9.18 Å². The molecular weight excluding hydrogens is 372 g/mol. The second-order valence-corrected chi connectivity index (χ2v) is 6.06. The van der Waals surface area contributed by atoms with Gasteiger partial charge < -0.3 is 10.0 Å². The Morgan fingerprint density at radius 1 is 1.40 bits per heavy atom. The number of halogens is 2. The predicted octanol–water partition coefficient (Wildman–Crippen LogP) is 4.22. The zero-order valence-electron chi connectivity index (χ0n) is 11.3. The Morgan fingerprint density at radius 3 is 2.60 bits per heavy atom. The third-order valence-corrected chi connectivity index (χ3v) is 4.26. The molecule has 0 aliphatic carbocycles. The molecule has 1 saturated heterocycles. The van der Waals surface area contributed by atoms with Crippen LogP contribution < -0.4 is 4.90 Å². The van der Waals surface area contributed by atoms with Crippen LogP contribution in [-0.4, -0.2) is 24.2 Å². The van der Waals surface area contributed by atoms with Crippen LogP contribution >= 0.6 is 22.6 Å². The average molecular weight is 389 g/mol. The van der Waals surface area contributed by atoms with Gasteiger partial charge in [-0.3, -0.25) is 0 Å². The van der Waals surface area contributed by atoms with Gasteiger partial charge in [0.05, 0.1) is 17.1 Å². The first-order chi connectivity index (χ1) is 9.52. The molecule has 0 radical (unpaired) electrons. The van der Waals surface area contributed by atoms with Crippen LogP contribution in [0.15, 0.2) is 29.6 Å². The molecular formula is C15H17FINO2. The third kappa shape index (κ3) is 3.31. The van der Waals surface area contributed by atoms with Gasteiger partial charge in [0.2, 0.25) is 0 Å². The minimum absolute atomic E-state index is 0.00856. The number of hydrogen-bond donors (Lipinski definition) is 1. The van der Waals surface area contributed by atoms with Gasteiger partial charge in [-0.05, 0) is 65.6 Å². The van der Waals surface area contributed by atoms with Crippen LogP contribution in [0, 0.1) is 3.57 Å². The summed E-state index contributed by atoms with van der Waals surface area (Å²) in [6, 6.07) is 5.31. The van der Waals surface area contributed by atoms with Crippen molar-refractivity contribution in [3.05, 3.63) is 38.7 Å². The predicted molar refractivity (Wildman–Crippen MR) is 86.0 cm³/mol. The van der Waals surface area contributed by atoms with Gasteiger partial charge in [0, 0.05) is 16.7 Å². The van der Waals surface area contributed by atoms with E-state index in [4.69, 9.17) is 0 Å². The lowest BCUT2D eigenvalue weighted by molar-refractivity contribution is 0.0697. The second-order valence-electron chi connectivity index (χ2n) is 4.82. The van der Waals surface area contributed by atoms with E-state index in [1.165, 1.54) is 0 Å². The van der Waals surface area contributed by atoms with Crippen molar-refractivity contribution in [3.63, 3.8) is 0 Å². The maximum Gasteiger partial charge on any atom is 0.337 e. The summed E-state index contributed by atoms with van der Waals surface area (Å²) in [5.74, 6) is -0.928. The Hall–Kier alpha value is -1.11. The number of hydrogen-bond acceptors (Lipinski definition) is 2. The van der Waals surface area contributed by atoms with Gasteiger partial charge in [0.1, 0.15) is 0 Å². The largest absolute Gasteiger partial charge is 0.478 e. The Kier molecular flexibility index (Phi) is 5.01. The zero-order chi connectivity index (χ0) is 14.7. The minimum atomic E-state index is -0.919. The van der Waals surface area contributed by atoms with Gasteiger partial charge in [-0.15, -0.1) is 0 Å². The molecule has 1 aliphatic heterocycles. The van der Waals surface area contributed by atoms with E-state index in [1.54, 1.807) is 12.1 Å². The lowest BCUT2D eigenvalue weighted by Crippen LogP contribution is -2.32. The van der Waals surface area contributed by atoms with Gasteiger partial charge >= 0.3 is 5.97 Å². The van der Waals surface area contributed by atoms with Crippen LogP contribution in [0.3, 0.4) is 0 Å². The number of anilines is 1. The molecule has 108 valence electrons. The summed E-state index contributed by atoms with van der Waals surface area (Å²) in [6.07, 6.45) is 1.79. The molecule has 1 heterocycles. The highest BCUT2D eigenvalue weighted by molar-refractivity contribution is 14.1. The Bertz CT molecular complexity index is 547. The van der Waals surface area contributed by atoms with Gasteiger partial charge in [-0.1, -0.05) is 6.92 Å². The van der Waals surface area contributed by atoms with Crippen molar-refractivity contribution in [1.82, 2.24) is 0 Å². The molecule has 2 rings (SSSR count). The molecule has 3 nitrogen and oxygen atoms in total. The summed E-state index contributed by atoms with van der Waals surface area (Å²) in [5.41, 5.74) is 1.93. The average Bonchev–Trinajstić information content (AvgIpc) is 2.46. The summed E-state index contributed by atoms with van der Waals surface area (Å²) < 4.78 is 14.6. The number of piperidine rings is 1. The fraction of sp³-hybridized carbons (Fsp3) is 0.400. The lowest BCUT2D eigenvalue weighted by Gasteiger charge is -2.31. The first kappa shape index (κ1) is 15.3. The standard InChI is InChI=1S/C15H17FINO2/c1-2-13(16)10-5-7-18(8-6-10)14-9-11(17)3-4-12(14)15(19)20/h3-4,9H,2,5-8H2,1H3,(H,19,20). The maximum atomic E-state index is 13.6. The maximum absolute atomic E-state index is 13.6. The van der Waals surface area contributed by atoms with Crippen LogP contribution in [-0.2, 0) is 0 Å². The lowest BCUT2D eigenvalue weighted by atomic mass is 10.0. The molecule has 1 N–H and O–H groups in total.